The van der Waals surface area contributed by atoms with Crippen molar-refractivity contribution in [2.24, 2.45) is 0 Å². The Hall–Kier alpha value is -2.54. The molecule has 2 aromatic rings. The number of ether oxygens (including phenoxy) is 1. The molecule has 0 radical (unpaired) electrons. The van der Waals surface area contributed by atoms with Crippen LogP contribution in [0.25, 0.3) is 0 Å². The highest BCUT2D eigenvalue weighted by Gasteiger charge is 2.07. The summed E-state index contributed by atoms with van der Waals surface area (Å²) in [6, 6.07) is 12.9. The zero-order valence-electron chi connectivity index (χ0n) is 13.8. The number of anilines is 1. The van der Waals surface area contributed by atoms with Crippen molar-refractivity contribution in [2.75, 3.05) is 24.2 Å². The third-order valence-corrected chi connectivity index (χ3v) is 4.09. The molecule has 2 rings (SSSR count). The van der Waals surface area contributed by atoms with Gasteiger partial charge >= 0.3 is 0 Å². The van der Waals surface area contributed by atoms with Gasteiger partial charge in [-0.2, -0.15) is 0 Å². The first kappa shape index (κ1) is 18.8. The quantitative estimate of drug-likeness (QED) is 0.708. The summed E-state index contributed by atoms with van der Waals surface area (Å²) < 4.78 is 18.1. The van der Waals surface area contributed by atoms with Crippen molar-refractivity contribution in [1.82, 2.24) is 5.32 Å². The minimum Gasteiger partial charge on any atom is -0.494 e. The summed E-state index contributed by atoms with van der Waals surface area (Å²) in [5, 5.41) is 5.23. The van der Waals surface area contributed by atoms with E-state index in [9.17, 15) is 14.0 Å². The summed E-state index contributed by atoms with van der Waals surface area (Å²) in [5.41, 5.74) is 0.628. The van der Waals surface area contributed by atoms with Crippen LogP contribution in [0.2, 0.25) is 0 Å². The monoisotopic (exact) mass is 362 g/mol. The van der Waals surface area contributed by atoms with Crippen molar-refractivity contribution in [1.29, 1.82) is 0 Å². The molecule has 0 aliphatic rings. The molecular formula is C18H19FN2O3S. The lowest BCUT2D eigenvalue weighted by atomic mass is 10.3. The first-order valence-corrected chi connectivity index (χ1v) is 8.73. The predicted molar refractivity (Wildman–Crippen MR) is 96.4 cm³/mol. The van der Waals surface area contributed by atoms with E-state index >= 15 is 0 Å². The number of rotatable bonds is 8. The maximum atomic E-state index is 12.8. The van der Waals surface area contributed by atoms with Gasteiger partial charge in [-0.3, -0.25) is 9.59 Å². The van der Waals surface area contributed by atoms with E-state index in [1.165, 1.54) is 23.9 Å². The van der Waals surface area contributed by atoms with E-state index in [1.54, 1.807) is 36.4 Å². The molecule has 0 spiro atoms. The number of hydrogen-bond acceptors (Lipinski definition) is 4. The standard InChI is InChI=1S/C18H19FN2O3S/c1-2-24-15-7-5-14(6-8-15)21-17(22)11-20-18(23)12-25-16-9-3-13(19)4-10-16/h3-10H,2,11-12H2,1H3,(H,20,23)(H,21,22). The smallest absolute Gasteiger partial charge is 0.243 e. The first-order valence-electron chi connectivity index (χ1n) is 7.74. The van der Waals surface area contributed by atoms with Crippen LogP contribution in [-0.2, 0) is 9.59 Å². The number of nitrogens with one attached hydrogen (secondary N) is 2. The summed E-state index contributed by atoms with van der Waals surface area (Å²) in [7, 11) is 0. The lowest BCUT2D eigenvalue weighted by Gasteiger charge is -2.08. The average molecular weight is 362 g/mol. The van der Waals surface area contributed by atoms with Crippen molar-refractivity contribution < 1.29 is 18.7 Å². The number of hydrogen-bond donors (Lipinski definition) is 2. The van der Waals surface area contributed by atoms with E-state index in [0.717, 1.165) is 10.6 Å². The van der Waals surface area contributed by atoms with Crippen LogP contribution in [0.3, 0.4) is 0 Å². The lowest BCUT2D eigenvalue weighted by molar-refractivity contribution is -0.122. The van der Waals surface area contributed by atoms with Gasteiger partial charge in [0.2, 0.25) is 11.8 Å². The Balaban J connectivity index is 1.69. The highest BCUT2D eigenvalue weighted by Crippen LogP contribution is 2.17. The fourth-order valence-corrected chi connectivity index (χ4v) is 2.64. The minimum absolute atomic E-state index is 0.115. The number of thioether (sulfide) groups is 1. The van der Waals surface area contributed by atoms with Gasteiger partial charge in [0.15, 0.2) is 0 Å². The van der Waals surface area contributed by atoms with E-state index in [2.05, 4.69) is 10.6 Å². The van der Waals surface area contributed by atoms with Gasteiger partial charge in [-0.1, -0.05) is 0 Å². The third kappa shape index (κ3) is 6.84. The Morgan fingerprint density at radius 3 is 2.36 bits per heavy atom. The molecule has 0 atom stereocenters. The fourth-order valence-electron chi connectivity index (χ4n) is 1.92. The van der Waals surface area contributed by atoms with Crippen LogP contribution >= 0.6 is 11.8 Å². The van der Waals surface area contributed by atoms with Gasteiger partial charge in [-0.25, -0.2) is 4.39 Å². The Morgan fingerprint density at radius 2 is 1.72 bits per heavy atom. The fraction of sp³-hybridized carbons (Fsp3) is 0.222. The largest absolute Gasteiger partial charge is 0.494 e. The number of carbonyl (C=O) groups is 2. The summed E-state index contributed by atoms with van der Waals surface area (Å²) in [4.78, 5) is 24.4. The van der Waals surface area contributed by atoms with Gasteiger partial charge in [-0.05, 0) is 55.5 Å². The molecule has 0 aliphatic carbocycles. The van der Waals surface area contributed by atoms with Crippen molar-refractivity contribution >= 4 is 29.3 Å². The molecule has 0 bridgehead atoms. The lowest BCUT2D eigenvalue weighted by Crippen LogP contribution is -2.33. The highest BCUT2D eigenvalue weighted by molar-refractivity contribution is 8.00. The molecule has 0 saturated heterocycles. The molecule has 0 aromatic heterocycles. The molecule has 2 aromatic carbocycles. The van der Waals surface area contributed by atoms with Crippen molar-refractivity contribution in [3.05, 3.63) is 54.3 Å². The minimum atomic E-state index is -0.320. The predicted octanol–water partition coefficient (Wildman–Crippen LogP) is 3.07. The Morgan fingerprint density at radius 1 is 1.04 bits per heavy atom. The summed E-state index contributed by atoms with van der Waals surface area (Å²) >= 11 is 1.27. The summed E-state index contributed by atoms with van der Waals surface area (Å²) in [6.07, 6.45) is 0. The van der Waals surface area contributed by atoms with E-state index in [0.29, 0.717) is 12.3 Å². The topological polar surface area (TPSA) is 67.4 Å². The van der Waals surface area contributed by atoms with Gasteiger partial charge in [0, 0.05) is 10.6 Å². The second-order valence-electron chi connectivity index (χ2n) is 5.02. The molecule has 5 nitrogen and oxygen atoms in total. The van der Waals surface area contributed by atoms with E-state index in [4.69, 9.17) is 4.74 Å². The van der Waals surface area contributed by atoms with E-state index in [-0.39, 0.29) is 29.9 Å². The van der Waals surface area contributed by atoms with Crippen molar-refractivity contribution in [3.8, 4) is 5.75 Å². The van der Waals surface area contributed by atoms with Gasteiger partial charge in [0.05, 0.1) is 18.9 Å². The molecule has 0 fully saturated rings. The number of benzene rings is 2. The van der Waals surface area contributed by atoms with Gasteiger partial charge in [-0.15, -0.1) is 11.8 Å². The average Bonchev–Trinajstić information content (AvgIpc) is 2.61. The Bertz CT molecular complexity index is 705. The maximum absolute atomic E-state index is 12.8. The molecule has 2 N–H and O–H groups in total. The van der Waals surface area contributed by atoms with Gasteiger partial charge < -0.3 is 15.4 Å². The molecule has 25 heavy (non-hydrogen) atoms. The molecular weight excluding hydrogens is 343 g/mol. The molecule has 132 valence electrons. The van der Waals surface area contributed by atoms with Crippen LogP contribution in [0.15, 0.2) is 53.4 Å². The SMILES string of the molecule is CCOc1ccc(NC(=O)CNC(=O)CSc2ccc(F)cc2)cc1. The maximum Gasteiger partial charge on any atom is 0.243 e. The van der Waals surface area contributed by atoms with Crippen LogP contribution in [0, 0.1) is 5.82 Å². The molecule has 0 heterocycles. The molecule has 0 unspecified atom stereocenters. The van der Waals surface area contributed by atoms with Crippen LogP contribution in [0.1, 0.15) is 6.92 Å². The first-order chi connectivity index (χ1) is 12.1. The second-order valence-corrected chi connectivity index (χ2v) is 6.07. The second kappa shape index (κ2) is 9.68. The number of carbonyl (C=O) groups excluding carboxylic acids is 2. The van der Waals surface area contributed by atoms with E-state index < -0.39 is 0 Å². The van der Waals surface area contributed by atoms with Crippen molar-refractivity contribution in [2.45, 2.75) is 11.8 Å². The molecule has 2 amide bonds. The normalized spacial score (nSPS) is 10.2. The van der Waals surface area contributed by atoms with Crippen LogP contribution < -0.4 is 15.4 Å². The van der Waals surface area contributed by atoms with Crippen LogP contribution in [0.5, 0.6) is 5.75 Å². The Kier molecular flexibility index (Phi) is 7.28. The highest BCUT2D eigenvalue weighted by atomic mass is 32.2. The van der Waals surface area contributed by atoms with E-state index in [1.807, 2.05) is 6.92 Å². The van der Waals surface area contributed by atoms with Crippen LogP contribution in [-0.4, -0.2) is 30.7 Å². The Labute approximate surface area is 150 Å². The number of halogens is 1. The number of amides is 2. The van der Waals surface area contributed by atoms with Crippen molar-refractivity contribution in [3.63, 3.8) is 0 Å². The molecule has 0 saturated carbocycles. The zero-order valence-corrected chi connectivity index (χ0v) is 14.6. The van der Waals surface area contributed by atoms with Crippen LogP contribution in [0.4, 0.5) is 10.1 Å². The third-order valence-electron chi connectivity index (χ3n) is 3.08. The van der Waals surface area contributed by atoms with Gasteiger partial charge in [0.25, 0.3) is 0 Å². The summed E-state index contributed by atoms with van der Waals surface area (Å²) in [6.45, 7) is 2.36. The van der Waals surface area contributed by atoms with Gasteiger partial charge in [0.1, 0.15) is 11.6 Å². The molecule has 7 heteroatoms. The zero-order chi connectivity index (χ0) is 18.1. The molecule has 0 aliphatic heterocycles. The summed E-state index contributed by atoms with van der Waals surface area (Å²) in [5.74, 6) is -0.0195.